The van der Waals surface area contributed by atoms with Crippen LogP contribution in [0.15, 0.2) is 22.4 Å². The number of hydrogen-bond acceptors (Lipinski definition) is 3. The Morgan fingerprint density at radius 3 is 2.86 bits per heavy atom. The average Bonchev–Trinajstić information content (AvgIpc) is 2.59. The zero-order chi connectivity index (χ0) is 10.1. The van der Waals surface area contributed by atoms with Gasteiger partial charge in [0.05, 0.1) is 4.21 Å². The van der Waals surface area contributed by atoms with Crippen molar-refractivity contribution in [3.8, 4) is 5.75 Å². The molecule has 0 aliphatic heterocycles. The monoisotopic (exact) mass is 288 g/mol. The molecule has 0 saturated heterocycles. The molecule has 1 nitrogen and oxygen atoms in total. The fourth-order valence-electron chi connectivity index (χ4n) is 1.38. The number of hydrogen-bond donors (Lipinski definition) is 1. The first-order valence-electron chi connectivity index (χ1n) is 4.10. The molecule has 1 N–H and O–H groups in total. The summed E-state index contributed by atoms with van der Waals surface area (Å²) in [5.41, 5.74) is 1.16. The number of alkyl halides is 1. The predicted octanol–water partition coefficient (Wildman–Crippen LogP) is 4.22. The van der Waals surface area contributed by atoms with Crippen molar-refractivity contribution in [3.63, 3.8) is 0 Å². The van der Waals surface area contributed by atoms with Crippen LogP contribution < -0.4 is 0 Å². The molecule has 0 saturated carbocycles. The third-order valence-electron chi connectivity index (χ3n) is 2.00. The van der Waals surface area contributed by atoms with Crippen molar-refractivity contribution in [2.24, 2.45) is 0 Å². The Bertz CT molecular complexity index is 464. The van der Waals surface area contributed by atoms with E-state index in [-0.39, 0.29) is 0 Å². The Balaban J connectivity index is 2.71. The van der Waals surface area contributed by atoms with E-state index in [0.717, 1.165) is 16.3 Å². The molecule has 0 bridgehead atoms. The SMILES string of the molecule is CSc1cc2cc(O)cc(CBr)c2s1. The van der Waals surface area contributed by atoms with Gasteiger partial charge in [-0.25, -0.2) is 0 Å². The largest absolute Gasteiger partial charge is 0.508 e. The van der Waals surface area contributed by atoms with E-state index < -0.39 is 0 Å². The molecule has 2 aromatic rings. The molecule has 4 heteroatoms. The topological polar surface area (TPSA) is 20.2 Å². The highest BCUT2D eigenvalue weighted by atomic mass is 79.9. The summed E-state index contributed by atoms with van der Waals surface area (Å²) in [7, 11) is 0. The molecule has 14 heavy (non-hydrogen) atoms. The average molecular weight is 289 g/mol. The Labute approximate surface area is 99.3 Å². The molecule has 0 unspecified atom stereocenters. The van der Waals surface area contributed by atoms with Crippen LogP contribution in [-0.4, -0.2) is 11.4 Å². The zero-order valence-corrected chi connectivity index (χ0v) is 10.8. The number of thiophene rings is 1. The van der Waals surface area contributed by atoms with Crippen molar-refractivity contribution >= 4 is 49.1 Å². The Hall–Kier alpha value is -0.190. The van der Waals surface area contributed by atoms with Crippen LogP contribution in [0.4, 0.5) is 0 Å². The third-order valence-corrected chi connectivity index (χ3v) is 4.90. The first kappa shape index (κ1) is 10.3. The van der Waals surface area contributed by atoms with Gasteiger partial charge in [-0.05, 0) is 35.4 Å². The summed E-state index contributed by atoms with van der Waals surface area (Å²) in [6.45, 7) is 0. The molecule has 0 aliphatic rings. The molecule has 0 atom stereocenters. The minimum absolute atomic E-state index is 0.345. The van der Waals surface area contributed by atoms with E-state index in [2.05, 4.69) is 28.3 Å². The van der Waals surface area contributed by atoms with Gasteiger partial charge in [0, 0.05) is 10.0 Å². The molecule has 2 rings (SSSR count). The molecular weight excluding hydrogens is 280 g/mol. The van der Waals surface area contributed by atoms with Gasteiger partial charge in [0.2, 0.25) is 0 Å². The second-order valence-electron chi connectivity index (χ2n) is 2.93. The number of phenolic OH excluding ortho intramolecular Hbond substituents is 1. The van der Waals surface area contributed by atoms with E-state index in [1.54, 1.807) is 23.1 Å². The van der Waals surface area contributed by atoms with E-state index in [9.17, 15) is 5.11 Å². The number of rotatable bonds is 2. The number of aromatic hydroxyl groups is 1. The quantitative estimate of drug-likeness (QED) is 0.659. The smallest absolute Gasteiger partial charge is 0.116 e. The normalized spacial score (nSPS) is 11.0. The lowest BCUT2D eigenvalue weighted by molar-refractivity contribution is 0.476. The maximum Gasteiger partial charge on any atom is 0.116 e. The van der Waals surface area contributed by atoms with Gasteiger partial charge >= 0.3 is 0 Å². The van der Waals surface area contributed by atoms with Gasteiger partial charge in [0.1, 0.15) is 5.75 Å². The number of halogens is 1. The lowest BCUT2D eigenvalue weighted by Gasteiger charge is -1.99. The summed E-state index contributed by atoms with van der Waals surface area (Å²) in [6.07, 6.45) is 2.07. The van der Waals surface area contributed by atoms with Crippen LogP contribution in [0, 0.1) is 0 Å². The molecule has 74 valence electrons. The van der Waals surface area contributed by atoms with E-state index in [1.165, 1.54) is 8.91 Å². The van der Waals surface area contributed by atoms with Crippen molar-refractivity contribution in [2.45, 2.75) is 9.54 Å². The standard InChI is InChI=1S/C10H9BrOS2/c1-13-9-4-6-2-8(12)3-7(5-11)10(6)14-9/h2-4,12H,5H2,1H3. The summed E-state index contributed by atoms with van der Waals surface area (Å²) in [6, 6.07) is 5.76. The van der Waals surface area contributed by atoms with Gasteiger partial charge in [-0.15, -0.1) is 23.1 Å². The summed E-state index contributed by atoms with van der Waals surface area (Å²) in [5, 5.41) is 11.4. The minimum atomic E-state index is 0.345. The first-order valence-corrected chi connectivity index (χ1v) is 7.26. The van der Waals surface area contributed by atoms with Gasteiger partial charge in [-0.1, -0.05) is 15.9 Å². The number of fused-ring (bicyclic) bond motifs is 1. The Kier molecular flexibility index (Phi) is 3.04. The van der Waals surface area contributed by atoms with Crippen molar-refractivity contribution in [1.82, 2.24) is 0 Å². The third kappa shape index (κ3) is 1.78. The fourth-order valence-corrected chi connectivity index (χ4v) is 3.73. The van der Waals surface area contributed by atoms with Crippen LogP contribution >= 0.6 is 39.0 Å². The van der Waals surface area contributed by atoms with Crippen molar-refractivity contribution in [3.05, 3.63) is 23.8 Å². The number of thioether (sulfide) groups is 1. The lowest BCUT2D eigenvalue weighted by atomic mass is 10.2. The van der Waals surface area contributed by atoms with Gasteiger partial charge in [-0.2, -0.15) is 0 Å². The van der Waals surface area contributed by atoms with Crippen LogP contribution in [0.5, 0.6) is 5.75 Å². The second kappa shape index (κ2) is 4.13. The number of phenols is 1. The molecule has 1 heterocycles. The van der Waals surface area contributed by atoms with Crippen LogP contribution in [0.3, 0.4) is 0 Å². The van der Waals surface area contributed by atoms with Crippen LogP contribution in [0.1, 0.15) is 5.56 Å². The van der Waals surface area contributed by atoms with E-state index in [4.69, 9.17) is 0 Å². The highest BCUT2D eigenvalue weighted by Crippen LogP contribution is 2.36. The Morgan fingerprint density at radius 2 is 2.21 bits per heavy atom. The fraction of sp³-hybridized carbons (Fsp3) is 0.200. The van der Waals surface area contributed by atoms with Gasteiger partial charge in [-0.3, -0.25) is 0 Å². The van der Waals surface area contributed by atoms with Gasteiger partial charge < -0.3 is 5.11 Å². The summed E-state index contributed by atoms with van der Waals surface area (Å²) in [5.74, 6) is 0.345. The summed E-state index contributed by atoms with van der Waals surface area (Å²) in [4.78, 5) is 0. The summed E-state index contributed by atoms with van der Waals surface area (Å²) >= 11 is 6.95. The molecule has 1 aromatic carbocycles. The van der Waals surface area contributed by atoms with Crippen molar-refractivity contribution in [1.29, 1.82) is 0 Å². The van der Waals surface area contributed by atoms with Crippen molar-refractivity contribution < 1.29 is 5.11 Å². The van der Waals surface area contributed by atoms with E-state index >= 15 is 0 Å². The van der Waals surface area contributed by atoms with Crippen LogP contribution in [-0.2, 0) is 5.33 Å². The highest BCUT2D eigenvalue weighted by molar-refractivity contribution is 9.08. The number of benzene rings is 1. The molecule has 0 aliphatic carbocycles. The van der Waals surface area contributed by atoms with Crippen LogP contribution in [0.2, 0.25) is 0 Å². The highest BCUT2D eigenvalue weighted by Gasteiger charge is 2.07. The van der Waals surface area contributed by atoms with Crippen LogP contribution in [0.25, 0.3) is 10.1 Å². The maximum absolute atomic E-state index is 9.50. The van der Waals surface area contributed by atoms with E-state index in [1.807, 2.05) is 12.1 Å². The molecule has 1 aromatic heterocycles. The zero-order valence-electron chi connectivity index (χ0n) is 7.58. The maximum atomic E-state index is 9.50. The molecule has 0 spiro atoms. The molecule has 0 amide bonds. The molecule has 0 fully saturated rings. The van der Waals surface area contributed by atoms with Gasteiger partial charge in [0.25, 0.3) is 0 Å². The predicted molar refractivity (Wildman–Crippen MR) is 67.9 cm³/mol. The van der Waals surface area contributed by atoms with Gasteiger partial charge in [0.15, 0.2) is 0 Å². The summed E-state index contributed by atoms with van der Waals surface area (Å²) < 4.78 is 2.55. The van der Waals surface area contributed by atoms with Crippen molar-refractivity contribution in [2.75, 3.05) is 6.26 Å². The minimum Gasteiger partial charge on any atom is -0.508 e. The molecular formula is C10H9BrOS2. The molecule has 0 radical (unpaired) electrons. The Morgan fingerprint density at radius 1 is 1.43 bits per heavy atom. The second-order valence-corrected chi connectivity index (χ2v) is 5.65. The lowest BCUT2D eigenvalue weighted by Crippen LogP contribution is -1.76. The van der Waals surface area contributed by atoms with E-state index in [0.29, 0.717) is 5.75 Å². The first-order chi connectivity index (χ1) is 6.74.